The smallest absolute Gasteiger partial charge is 0.381 e. The Morgan fingerprint density at radius 2 is 1.13 bits per heavy atom. The molecule has 2 heterocycles. The standard InChI is InChI=1S/C10H17O4P.2C3H6O/c11-15(12,13)14-10-4-7-1-8(5-10)3-9(2-7)6-10;2*1-2-4-3-1/h7-9H,1-6H2,(H2,11,12,13);2*1-3H2. The average molecular weight is 348 g/mol. The fourth-order valence-electron chi connectivity index (χ4n) is 4.68. The van der Waals surface area contributed by atoms with Crippen LogP contribution in [0, 0.1) is 17.8 Å². The molecular weight excluding hydrogens is 319 g/mol. The maximum absolute atomic E-state index is 11.0. The Bertz CT molecular complexity index is 375. The SMILES string of the molecule is C1COC1.C1COC1.O=P(O)(O)OC12CC3CC(CC(C3)C1)C2. The van der Waals surface area contributed by atoms with Crippen LogP contribution in [0.15, 0.2) is 0 Å². The van der Waals surface area contributed by atoms with Crippen LogP contribution in [0.2, 0.25) is 0 Å². The van der Waals surface area contributed by atoms with E-state index in [0.717, 1.165) is 45.7 Å². The van der Waals surface area contributed by atoms with Gasteiger partial charge in [0.05, 0.1) is 5.60 Å². The molecule has 7 heteroatoms. The van der Waals surface area contributed by atoms with Crippen molar-refractivity contribution in [2.45, 2.75) is 57.0 Å². The van der Waals surface area contributed by atoms with Crippen molar-refractivity contribution < 1.29 is 28.3 Å². The monoisotopic (exact) mass is 348 g/mol. The molecule has 4 bridgehead atoms. The third-order valence-corrected chi connectivity index (χ3v) is 6.07. The Hall–Kier alpha value is 0.0300. The molecule has 134 valence electrons. The molecule has 6 aliphatic rings. The molecule has 2 aliphatic heterocycles. The second-order valence-electron chi connectivity index (χ2n) is 7.61. The van der Waals surface area contributed by atoms with Crippen LogP contribution in [0.5, 0.6) is 0 Å². The van der Waals surface area contributed by atoms with Gasteiger partial charge in [-0.25, -0.2) is 4.57 Å². The number of phosphoric ester groups is 1. The number of rotatable bonds is 2. The minimum atomic E-state index is -4.31. The third kappa shape index (κ3) is 5.25. The van der Waals surface area contributed by atoms with E-state index in [2.05, 4.69) is 0 Å². The lowest BCUT2D eigenvalue weighted by atomic mass is 9.54. The van der Waals surface area contributed by atoms with Gasteiger partial charge in [-0.1, -0.05) is 0 Å². The van der Waals surface area contributed by atoms with Crippen molar-refractivity contribution in [2.75, 3.05) is 26.4 Å². The predicted molar refractivity (Wildman–Crippen MR) is 84.9 cm³/mol. The lowest BCUT2D eigenvalue weighted by Crippen LogP contribution is -2.51. The first-order chi connectivity index (χ1) is 10.9. The zero-order valence-electron chi connectivity index (χ0n) is 13.7. The summed E-state index contributed by atoms with van der Waals surface area (Å²) in [5.74, 6) is 1.97. The topological polar surface area (TPSA) is 85.2 Å². The molecular formula is C16H29O6P. The highest BCUT2D eigenvalue weighted by atomic mass is 31.2. The molecule has 0 aromatic heterocycles. The third-order valence-electron chi connectivity index (χ3n) is 5.45. The van der Waals surface area contributed by atoms with Crippen molar-refractivity contribution in [3.8, 4) is 0 Å². The Balaban J connectivity index is 0.000000159. The summed E-state index contributed by atoms with van der Waals surface area (Å²) in [4.78, 5) is 17.9. The van der Waals surface area contributed by atoms with Crippen molar-refractivity contribution in [3.63, 3.8) is 0 Å². The molecule has 4 aliphatic carbocycles. The van der Waals surface area contributed by atoms with Crippen LogP contribution in [-0.4, -0.2) is 41.8 Å². The molecule has 2 saturated heterocycles. The van der Waals surface area contributed by atoms with Gasteiger partial charge in [-0.2, -0.15) is 0 Å². The summed E-state index contributed by atoms with van der Waals surface area (Å²) in [7, 11) is -4.31. The Labute approximate surface area is 138 Å². The van der Waals surface area contributed by atoms with Crippen LogP contribution in [0.4, 0.5) is 0 Å². The van der Waals surface area contributed by atoms with E-state index in [9.17, 15) is 4.57 Å². The first-order valence-corrected chi connectivity index (χ1v) is 10.4. The van der Waals surface area contributed by atoms with E-state index in [-0.39, 0.29) is 0 Å². The van der Waals surface area contributed by atoms with Crippen molar-refractivity contribution in [1.82, 2.24) is 0 Å². The Kier molecular flexibility index (Phi) is 5.82. The summed E-state index contributed by atoms with van der Waals surface area (Å²) in [6.45, 7) is 4.00. The maximum Gasteiger partial charge on any atom is 0.470 e. The van der Waals surface area contributed by atoms with E-state index in [0.29, 0.717) is 17.8 Å². The van der Waals surface area contributed by atoms with Gasteiger partial charge in [-0.15, -0.1) is 0 Å². The van der Waals surface area contributed by atoms with E-state index in [1.54, 1.807) is 0 Å². The molecule has 6 fully saturated rings. The molecule has 0 atom stereocenters. The van der Waals surface area contributed by atoms with Crippen molar-refractivity contribution >= 4 is 7.82 Å². The summed E-state index contributed by atoms with van der Waals surface area (Å²) < 4.78 is 25.5. The number of phosphoric acid groups is 1. The summed E-state index contributed by atoms with van der Waals surface area (Å²) in [5, 5.41) is 0. The van der Waals surface area contributed by atoms with E-state index in [1.165, 1.54) is 32.1 Å². The van der Waals surface area contributed by atoms with Gasteiger partial charge in [0.15, 0.2) is 0 Å². The van der Waals surface area contributed by atoms with Crippen LogP contribution in [0.3, 0.4) is 0 Å². The highest BCUT2D eigenvalue weighted by Crippen LogP contribution is 2.60. The Morgan fingerprint density at radius 1 is 0.826 bits per heavy atom. The van der Waals surface area contributed by atoms with Crippen LogP contribution < -0.4 is 0 Å². The van der Waals surface area contributed by atoms with Gasteiger partial charge in [0.2, 0.25) is 0 Å². The molecule has 6 rings (SSSR count). The van der Waals surface area contributed by atoms with E-state index < -0.39 is 13.4 Å². The van der Waals surface area contributed by atoms with E-state index in [1.807, 2.05) is 0 Å². The van der Waals surface area contributed by atoms with Gasteiger partial charge in [0.1, 0.15) is 0 Å². The lowest BCUT2D eigenvalue weighted by Gasteiger charge is -2.55. The van der Waals surface area contributed by atoms with Crippen LogP contribution in [0.1, 0.15) is 51.4 Å². The van der Waals surface area contributed by atoms with Gasteiger partial charge < -0.3 is 19.3 Å². The normalized spacial score (nSPS) is 40.0. The predicted octanol–water partition coefficient (Wildman–Crippen LogP) is 2.88. The summed E-state index contributed by atoms with van der Waals surface area (Å²) in [6, 6.07) is 0. The molecule has 0 aromatic rings. The second kappa shape index (κ2) is 7.51. The molecule has 0 spiro atoms. The zero-order valence-corrected chi connectivity index (χ0v) is 14.6. The molecule has 4 saturated carbocycles. The molecule has 2 N–H and O–H groups in total. The minimum Gasteiger partial charge on any atom is -0.381 e. The van der Waals surface area contributed by atoms with E-state index >= 15 is 0 Å². The minimum absolute atomic E-state index is 0.478. The summed E-state index contributed by atoms with van der Waals surface area (Å²) >= 11 is 0. The second-order valence-corrected chi connectivity index (χ2v) is 8.78. The molecule has 0 aromatic carbocycles. The molecule has 0 amide bonds. The largest absolute Gasteiger partial charge is 0.470 e. The average Bonchev–Trinajstić information content (AvgIpc) is 2.16. The Morgan fingerprint density at radius 3 is 1.35 bits per heavy atom. The highest BCUT2D eigenvalue weighted by molar-refractivity contribution is 7.46. The molecule has 0 radical (unpaired) electrons. The number of hydrogen-bond acceptors (Lipinski definition) is 4. The fourth-order valence-corrected chi connectivity index (χ4v) is 5.41. The molecule has 6 nitrogen and oxygen atoms in total. The number of ether oxygens (including phenoxy) is 2. The summed E-state index contributed by atoms with van der Waals surface area (Å²) in [5.41, 5.74) is -0.478. The van der Waals surface area contributed by atoms with Crippen LogP contribution in [0.25, 0.3) is 0 Å². The lowest BCUT2D eigenvalue weighted by molar-refractivity contribution is -0.117. The van der Waals surface area contributed by atoms with Gasteiger partial charge in [0, 0.05) is 26.4 Å². The van der Waals surface area contributed by atoms with Gasteiger partial charge in [0.25, 0.3) is 0 Å². The van der Waals surface area contributed by atoms with Crippen molar-refractivity contribution in [1.29, 1.82) is 0 Å². The van der Waals surface area contributed by atoms with Crippen LogP contribution >= 0.6 is 7.82 Å². The maximum atomic E-state index is 11.0. The van der Waals surface area contributed by atoms with E-state index in [4.69, 9.17) is 23.8 Å². The molecule has 23 heavy (non-hydrogen) atoms. The first kappa shape index (κ1) is 17.8. The molecule has 0 unspecified atom stereocenters. The quantitative estimate of drug-likeness (QED) is 0.747. The fraction of sp³-hybridized carbons (Fsp3) is 1.00. The zero-order chi connectivity index (χ0) is 16.3. The van der Waals surface area contributed by atoms with Gasteiger partial charge in [-0.3, -0.25) is 4.52 Å². The van der Waals surface area contributed by atoms with Crippen LogP contribution in [-0.2, 0) is 18.6 Å². The van der Waals surface area contributed by atoms with Gasteiger partial charge >= 0.3 is 7.82 Å². The number of hydrogen-bond donors (Lipinski definition) is 2. The first-order valence-electron chi connectivity index (χ1n) is 8.86. The van der Waals surface area contributed by atoms with Crippen molar-refractivity contribution in [2.24, 2.45) is 17.8 Å². The summed E-state index contributed by atoms with van der Waals surface area (Å²) in [6.07, 6.45) is 8.91. The highest BCUT2D eigenvalue weighted by Gasteiger charge is 2.53. The van der Waals surface area contributed by atoms with Gasteiger partial charge in [-0.05, 0) is 69.1 Å². The van der Waals surface area contributed by atoms with Crippen molar-refractivity contribution in [3.05, 3.63) is 0 Å².